The summed E-state index contributed by atoms with van der Waals surface area (Å²) in [7, 11) is 0. The number of carbonyl (C=O) groups excluding carboxylic acids is 2. The molecule has 1 atom stereocenters. The van der Waals surface area contributed by atoms with E-state index >= 15 is 0 Å². The first kappa shape index (κ1) is 19.5. The number of anilines is 1. The summed E-state index contributed by atoms with van der Waals surface area (Å²) in [5.74, 6) is 0.616. The first-order chi connectivity index (χ1) is 14.6. The first-order valence-electron chi connectivity index (χ1n) is 9.77. The number of ether oxygens (including phenoxy) is 2. The number of rotatable bonds is 5. The van der Waals surface area contributed by atoms with Gasteiger partial charge in [0.05, 0.1) is 11.6 Å². The molecule has 4 rings (SSSR count). The van der Waals surface area contributed by atoms with Crippen LogP contribution in [0, 0.1) is 0 Å². The Balaban J connectivity index is 1.46. The summed E-state index contributed by atoms with van der Waals surface area (Å²) in [6, 6.07) is 21.4. The van der Waals surface area contributed by atoms with E-state index in [2.05, 4.69) is 10.6 Å². The summed E-state index contributed by atoms with van der Waals surface area (Å²) >= 11 is 0. The zero-order chi connectivity index (χ0) is 20.9. The fourth-order valence-electron chi connectivity index (χ4n) is 3.29. The molecule has 1 aliphatic heterocycles. The van der Waals surface area contributed by atoms with Crippen LogP contribution in [0.4, 0.5) is 5.69 Å². The normalized spacial score (nSPS) is 13.2. The zero-order valence-corrected chi connectivity index (χ0v) is 16.6. The highest BCUT2D eigenvalue weighted by Gasteiger charge is 2.21. The quantitative estimate of drug-likeness (QED) is 0.671. The lowest BCUT2D eigenvalue weighted by Gasteiger charge is -2.22. The monoisotopic (exact) mass is 402 g/mol. The Kier molecular flexibility index (Phi) is 5.66. The van der Waals surface area contributed by atoms with Crippen LogP contribution in [0.2, 0.25) is 0 Å². The van der Waals surface area contributed by atoms with Crippen LogP contribution >= 0.6 is 0 Å². The second-order valence-corrected chi connectivity index (χ2v) is 6.97. The molecule has 0 aliphatic carbocycles. The van der Waals surface area contributed by atoms with E-state index in [1.54, 1.807) is 30.3 Å². The zero-order valence-electron chi connectivity index (χ0n) is 16.6. The van der Waals surface area contributed by atoms with Crippen molar-refractivity contribution in [1.29, 1.82) is 0 Å². The summed E-state index contributed by atoms with van der Waals surface area (Å²) in [5.41, 5.74) is 2.56. The van der Waals surface area contributed by atoms with Gasteiger partial charge in [0.1, 0.15) is 13.2 Å². The number of benzene rings is 3. The molecule has 6 nitrogen and oxygen atoms in total. The van der Waals surface area contributed by atoms with Gasteiger partial charge in [-0.2, -0.15) is 0 Å². The summed E-state index contributed by atoms with van der Waals surface area (Å²) in [6.07, 6.45) is 0. The van der Waals surface area contributed by atoms with Crippen LogP contribution in [-0.2, 0) is 0 Å². The van der Waals surface area contributed by atoms with Gasteiger partial charge in [0.15, 0.2) is 11.5 Å². The third-order valence-electron chi connectivity index (χ3n) is 4.84. The lowest BCUT2D eigenvalue weighted by atomic mass is 10.1. The lowest BCUT2D eigenvalue weighted by molar-refractivity contribution is 0.0928. The van der Waals surface area contributed by atoms with Crippen molar-refractivity contribution in [3.63, 3.8) is 0 Å². The van der Waals surface area contributed by atoms with Crippen molar-refractivity contribution in [2.45, 2.75) is 13.0 Å². The molecule has 1 unspecified atom stereocenters. The van der Waals surface area contributed by atoms with Crippen LogP contribution in [0.5, 0.6) is 11.5 Å². The van der Waals surface area contributed by atoms with Crippen molar-refractivity contribution < 1.29 is 19.1 Å². The first-order valence-corrected chi connectivity index (χ1v) is 9.77. The molecule has 2 amide bonds. The minimum absolute atomic E-state index is 0.183. The maximum Gasteiger partial charge on any atom is 0.255 e. The number of hydrogen-bond donors (Lipinski definition) is 2. The number of hydrogen-bond acceptors (Lipinski definition) is 4. The minimum Gasteiger partial charge on any atom is -0.486 e. The molecule has 0 saturated heterocycles. The van der Waals surface area contributed by atoms with E-state index in [9.17, 15) is 9.59 Å². The standard InChI is InChI=1S/C24H22N2O4/c1-16(25-24(28)20-11-6-12-21-22(20)30-14-13-29-21)18-9-5-10-19(15-18)26-23(27)17-7-3-2-4-8-17/h2-12,15-16H,13-14H2,1H3,(H,25,28)(H,26,27). The van der Waals surface area contributed by atoms with Crippen molar-refractivity contribution in [3.8, 4) is 11.5 Å². The van der Waals surface area contributed by atoms with E-state index in [-0.39, 0.29) is 17.9 Å². The highest BCUT2D eigenvalue weighted by molar-refractivity contribution is 6.04. The average Bonchev–Trinajstić information content (AvgIpc) is 2.79. The van der Waals surface area contributed by atoms with Crippen molar-refractivity contribution in [2.24, 2.45) is 0 Å². The Bertz CT molecular complexity index is 1070. The molecule has 152 valence electrons. The molecule has 6 heteroatoms. The van der Waals surface area contributed by atoms with Gasteiger partial charge in [-0.1, -0.05) is 36.4 Å². The van der Waals surface area contributed by atoms with E-state index < -0.39 is 0 Å². The minimum atomic E-state index is -0.272. The second-order valence-electron chi connectivity index (χ2n) is 6.97. The van der Waals surface area contributed by atoms with Crippen LogP contribution in [-0.4, -0.2) is 25.0 Å². The van der Waals surface area contributed by atoms with E-state index in [1.165, 1.54) is 0 Å². The Morgan fingerprint density at radius 2 is 1.63 bits per heavy atom. The molecule has 30 heavy (non-hydrogen) atoms. The molecule has 0 fully saturated rings. The lowest BCUT2D eigenvalue weighted by Crippen LogP contribution is -2.28. The molecule has 0 bridgehead atoms. The molecule has 1 heterocycles. The van der Waals surface area contributed by atoms with Crippen LogP contribution < -0.4 is 20.1 Å². The van der Waals surface area contributed by atoms with Crippen LogP contribution in [0.25, 0.3) is 0 Å². The van der Waals surface area contributed by atoms with Gasteiger partial charge in [0, 0.05) is 11.3 Å². The molecule has 0 saturated carbocycles. The summed E-state index contributed by atoms with van der Waals surface area (Å²) < 4.78 is 11.2. The Hall–Kier alpha value is -3.80. The molecule has 0 spiro atoms. The van der Waals surface area contributed by atoms with Gasteiger partial charge in [0.2, 0.25) is 0 Å². The fourth-order valence-corrected chi connectivity index (χ4v) is 3.29. The molecular formula is C24H22N2O4. The van der Waals surface area contributed by atoms with Crippen molar-refractivity contribution in [1.82, 2.24) is 5.32 Å². The topological polar surface area (TPSA) is 76.7 Å². The average molecular weight is 402 g/mol. The third kappa shape index (κ3) is 4.27. The summed E-state index contributed by atoms with van der Waals surface area (Å²) in [5, 5.41) is 5.88. The Labute approximate surface area is 174 Å². The number of carbonyl (C=O) groups is 2. The van der Waals surface area contributed by atoms with Crippen LogP contribution in [0.15, 0.2) is 72.8 Å². The summed E-state index contributed by atoms with van der Waals surface area (Å²) in [4.78, 5) is 25.2. The van der Waals surface area contributed by atoms with E-state index in [1.807, 2.05) is 49.4 Å². The van der Waals surface area contributed by atoms with Gasteiger partial charge < -0.3 is 20.1 Å². The molecule has 0 radical (unpaired) electrons. The molecule has 1 aliphatic rings. The van der Waals surface area contributed by atoms with E-state index in [0.717, 1.165) is 5.56 Å². The summed E-state index contributed by atoms with van der Waals surface area (Å²) in [6.45, 7) is 2.77. The molecule has 0 aromatic heterocycles. The number of fused-ring (bicyclic) bond motifs is 1. The molecule has 2 N–H and O–H groups in total. The van der Waals surface area contributed by atoms with Crippen LogP contribution in [0.1, 0.15) is 39.2 Å². The van der Waals surface area contributed by atoms with Gasteiger partial charge >= 0.3 is 0 Å². The number of nitrogens with one attached hydrogen (secondary N) is 2. The predicted molar refractivity (Wildman–Crippen MR) is 114 cm³/mol. The third-order valence-corrected chi connectivity index (χ3v) is 4.84. The maximum atomic E-state index is 12.8. The van der Waals surface area contributed by atoms with Gasteiger partial charge in [-0.3, -0.25) is 9.59 Å². The van der Waals surface area contributed by atoms with Gasteiger partial charge in [-0.05, 0) is 48.9 Å². The van der Waals surface area contributed by atoms with E-state index in [4.69, 9.17) is 9.47 Å². The maximum absolute atomic E-state index is 12.8. The largest absolute Gasteiger partial charge is 0.486 e. The number of amides is 2. The van der Waals surface area contributed by atoms with Crippen LogP contribution in [0.3, 0.4) is 0 Å². The SMILES string of the molecule is CC(NC(=O)c1cccc2c1OCCO2)c1cccc(NC(=O)c2ccccc2)c1. The highest BCUT2D eigenvalue weighted by atomic mass is 16.6. The Morgan fingerprint density at radius 1 is 0.867 bits per heavy atom. The number of para-hydroxylation sites is 1. The molecule has 3 aromatic carbocycles. The van der Waals surface area contributed by atoms with Crippen molar-refractivity contribution in [3.05, 3.63) is 89.5 Å². The fraction of sp³-hybridized carbons (Fsp3) is 0.167. The van der Waals surface area contributed by atoms with Crippen molar-refractivity contribution >= 4 is 17.5 Å². The molecular weight excluding hydrogens is 380 g/mol. The van der Waals surface area contributed by atoms with E-state index in [0.29, 0.717) is 41.5 Å². The van der Waals surface area contributed by atoms with Gasteiger partial charge in [0.25, 0.3) is 11.8 Å². The van der Waals surface area contributed by atoms with Gasteiger partial charge in [-0.15, -0.1) is 0 Å². The van der Waals surface area contributed by atoms with Crippen molar-refractivity contribution in [2.75, 3.05) is 18.5 Å². The second kappa shape index (κ2) is 8.69. The highest BCUT2D eigenvalue weighted by Crippen LogP contribution is 2.33. The smallest absolute Gasteiger partial charge is 0.255 e. The predicted octanol–water partition coefficient (Wildman–Crippen LogP) is 4.20. The van der Waals surface area contributed by atoms with Gasteiger partial charge in [-0.25, -0.2) is 0 Å². The Morgan fingerprint density at radius 3 is 2.47 bits per heavy atom. The molecule has 3 aromatic rings.